The highest BCUT2D eigenvalue weighted by molar-refractivity contribution is 7.09. The van der Waals surface area contributed by atoms with Crippen molar-refractivity contribution in [3.63, 3.8) is 0 Å². The summed E-state index contributed by atoms with van der Waals surface area (Å²) in [6.45, 7) is 4.52. The molecule has 2 rings (SSSR count). The fraction of sp³-hybridized carbons (Fsp3) is 0.444. The summed E-state index contributed by atoms with van der Waals surface area (Å²) in [5.41, 5.74) is 1.81. The van der Waals surface area contributed by atoms with E-state index in [0.29, 0.717) is 6.54 Å². The highest BCUT2D eigenvalue weighted by atomic mass is 35.5. The molecule has 4 nitrogen and oxygen atoms in total. The highest BCUT2D eigenvalue weighted by Crippen LogP contribution is 2.16. The van der Waals surface area contributed by atoms with E-state index < -0.39 is 0 Å². The summed E-state index contributed by atoms with van der Waals surface area (Å²) < 4.78 is 1.75. The summed E-state index contributed by atoms with van der Waals surface area (Å²) >= 11 is 7.53. The molecular formula is C9H11ClN4S. The van der Waals surface area contributed by atoms with Crippen LogP contribution in [0.4, 0.5) is 0 Å². The van der Waals surface area contributed by atoms with Gasteiger partial charge in [0.1, 0.15) is 5.69 Å². The van der Waals surface area contributed by atoms with Crippen LogP contribution in [0.2, 0.25) is 0 Å². The Hall–Kier alpha value is -0.940. The lowest BCUT2D eigenvalue weighted by atomic mass is 10.4. The van der Waals surface area contributed by atoms with Crippen LogP contribution < -0.4 is 0 Å². The van der Waals surface area contributed by atoms with Crippen LogP contribution in [0, 0.1) is 6.92 Å². The van der Waals surface area contributed by atoms with Gasteiger partial charge in [-0.25, -0.2) is 9.67 Å². The molecule has 2 aromatic heterocycles. The Balaban J connectivity index is 2.11. The quantitative estimate of drug-likeness (QED) is 0.777. The Morgan fingerprint density at radius 1 is 1.60 bits per heavy atom. The second-order valence-corrected chi connectivity index (χ2v) is 5.03. The van der Waals surface area contributed by atoms with Crippen molar-refractivity contribution < 1.29 is 0 Å². The maximum Gasteiger partial charge on any atom is 0.100 e. The molecule has 80 valence electrons. The summed E-state index contributed by atoms with van der Waals surface area (Å²) in [4.78, 5) is 4.36. The Kier molecular flexibility index (Phi) is 3.02. The Morgan fingerprint density at radius 2 is 2.40 bits per heavy atom. The summed E-state index contributed by atoms with van der Waals surface area (Å²) in [6.07, 6.45) is 1.85. The van der Waals surface area contributed by atoms with Gasteiger partial charge in [0.2, 0.25) is 0 Å². The molecule has 0 radical (unpaired) electrons. The molecule has 0 aromatic carbocycles. The van der Waals surface area contributed by atoms with Crippen LogP contribution in [-0.4, -0.2) is 20.0 Å². The monoisotopic (exact) mass is 242 g/mol. The third-order valence-electron chi connectivity index (χ3n) is 1.95. The summed E-state index contributed by atoms with van der Waals surface area (Å²) in [6, 6.07) is 0. The van der Waals surface area contributed by atoms with E-state index in [4.69, 9.17) is 11.6 Å². The van der Waals surface area contributed by atoms with Gasteiger partial charge >= 0.3 is 0 Å². The lowest BCUT2D eigenvalue weighted by Gasteiger charge is -1.95. The molecule has 0 fully saturated rings. The smallest absolute Gasteiger partial charge is 0.100 e. The van der Waals surface area contributed by atoms with Crippen LogP contribution >= 0.6 is 22.9 Å². The zero-order valence-corrected chi connectivity index (χ0v) is 10.1. The van der Waals surface area contributed by atoms with E-state index in [9.17, 15) is 0 Å². The van der Waals surface area contributed by atoms with Crippen LogP contribution in [0.3, 0.4) is 0 Å². The van der Waals surface area contributed by atoms with E-state index >= 15 is 0 Å². The zero-order chi connectivity index (χ0) is 10.8. The summed E-state index contributed by atoms with van der Waals surface area (Å²) in [5, 5.41) is 11.0. The van der Waals surface area contributed by atoms with Gasteiger partial charge in [0.25, 0.3) is 0 Å². The minimum atomic E-state index is -0.101. The topological polar surface area (TPSA) is 43.6 Å². The Bertz CT molecular complexity index is 448. The second kappa shape index (κ2) is 4.28. The van der Waals surface area contributed by atoms with Crippen molar-refractivity contribution in [2.45, 2.75) is 25.8 Å². The van der Waals surface area contributed by atoms with Gasteiger partial charge < -0.3 is 0 Å². The molecule has 0 aliphatic carbocycles. The second-order valence-electron chi connectivity index (χ2n) is 3.31. The van der Waals surface area contributed by atoms with Gasteiger partial charge in [-0.3, -0.25) is 0 Å². The molecule has 2 aromatic rings. The lowest BCUT2D eigenvalue weighted by molar-refractivity contribution is 0.640. The zero-order valence-electron chi connectivity index (χ0n) is 8.51. The van der Waals surface area contributed by atoms with E-state index in [1.54, 1.807) is 16.0 Å². The lowest BCUT2D eigenvalue weighted by Crippen LogP contribution is -2.00. The molecule has 0 bridgehead atoms. The molecule has 0 saturated carbocycles. The Labute approximate surface area is 96.9 Å². The van der Waals surface area contributed by atoms with Gasteiger partial charge in [-0.2, -0.15) is 0 Å². The average Bonchev–Trinajstić information content (AvgIpc) is 2.76. The maximum absolute atomic E-state index is 5.89. The van der Waals surface area contributed by atoms with Crippen molar-refractivity contribution in [1.82, 2.24) is 20.0 Å². The predicted octanol–water partition coefficient (Wildman–Crippen LogP) is 2.39. The largest absolute Gasteiger partial charge is 0.246 e. The van der Waals surface area contributed by atoms with Crippen molar-refractivity contribution in [2.24, 2.45) is 0 Å². The van der Waals surface area contributed by atoms with Gasteiger partial charge in [0.15, 0.2) is 0 Å². The molecule has 1 unspecified atom stereocenters. The van der Waals surface area contributed by atoms with Crippen molar-refractivity contribution >= 4 is 22.9 Å². The number of aromatic nitrogens is 4. The number of halogens is 1. The third kappa shape index (κ3) is 2.54. The molecule has 15 heavy (non-hydrogen) atoms. The van der Waals surface area contributed by atoms with Crippen LogP contribution in [0.5, 0.6) is 0 Å². The molecule has 0 amide bonds. The SMILES string of the molecule is Cc1nc(Cn2cc(C(C)Cl)nn2)cs1. The number of rotatable bonds is 3. The molecule has 0 saturated heterocycles. The van der Waals surface area contributed by atoms with Crippen LogP contribution in [0.25, 0.3) is 0 Å². The molecule has 0 spiro atoms. The number of nitrogens with zero attached hydrogens (tertiary/aromatic N) is 4. The predicted molar refractivity (Wildman–Crippen MR) is 60.2 cm³/mol. The average molecular weight is 243 g/mol. The van der Waals surface area contributed by atoms with Crippen LogP contribution in [0.1, 0.15) is 28.7 Å². The first-order valence-electron chi connectivity index (χ1n) is 4.60. The van der Waals surface area contributed by atoms with Crippen molar-refractivity contribution in [3.8, 4) is 0 Å². The maximum atomic E-state index is 5.89. The molecule has 0 N–H and O–H groups in total. The number of aryl methyl sites for hydroxylation is 1. The molecular weight excluding hydrogens is 232 g/mol. The Morgan fingerprint density at radius 3 is 2.93 bits per heavy atom. The molecule has 2 heterocycles. The van der Waals surface area contributed by atoms with E-state index in [0.717, 1.165) is 16.4 Å². The summed E-state index contributed by atoms with van der Waals surface area (Å²) in [5.74, 6) is 0. The van der Waals surface area contributed by atoms with Crippen molar-refractivity contribution in [3.05, 3.63) is 28.0 Å². The number of hydrogen-bond donors (Lipinski definition) is 0. The number of hydrogen-bond acceptors (Lipinski definition) is 4. The molecule has 0 aliphatic rings. The fourth-order valence-corrected chi connectivity index (χ4v) is 1.92. The highest BCUT2D eigenvalue weighted by Gasteiger charge is 2.07. The number of alkyl halides is 1. The fourth-order valence-electron chi connectivity index (χ4n) is 1.22. The van der Waals surface area contributed by atoms with Gasteiger partial charge in [-0.05, 0) is 13.8 Å². The van der Waals surface area contributed by atoms with Crippen molar-refractivity contribution in [1.29, 1.82) is 0 Å². The van der Waals surface area contributed by atoms with Crippen molar-refractivity contribution in [2.75, 3.05) is 0 Å². The first-order chi connectivity index (χ1) is 7.15. The summed E-state index contributed by atoms with van der Waals surface area (Å²) in [7, 11) is 0. The van der Waals surface area contributed by atoms with Gasteiger partial charge in [0, 0.05) is 5.38 Å². The molecule has 6 heteroatoms. The standard InChI is InChI=1S/C9H11ClN4S/c1-6(10)9-4-14(13-12-9)3-8-5-15-7(2)11-8/h4-6H,3H2,1-2H3. The van der Waals surface area contributed by atoms with E-state index in [-0.39, 0.29) is 5.38 Å². The van der Waals surface area contributed by atoms with Gasteiger partial charge in [0.05, 0.1) is 28.8 Å². The first kappa shape index (κ1) is 10.6. The van der Waals surface area contributed by atoms with Gasteiger partial charge in [-0.15, -0.1) is 28.0 Å². The van der Waals surface area contributed by atoms with Crippen LogP contribution in [0.15, 0.2) is 11.6 Å². The van der Waals surface area contributed by atoms with E-state index in [1.165, 1.54) is 0 Å². The minimum Gasteiger partial charge on any atom is -0.246 e. The van der Waals surface area contributed by atoms with E-state index in [1.807, 2.05) is 25.4 Å². The first-order valence-corrected chi connectivity index (χ1v) is 5.92. The van der Waals surface area contributed by atoms with Crippen LogP contribution in [-0.2, 0) is 6.54 Å². The van der Waals surface area contributed by atoms with Gasteiger partial charge in [-0.1, -0.05) is 5.21 Å². The molecule has 1 atom stereocenters. The minimum absolute atomic E-state index is 0.101. The molecule has 0 aliphatic heterocycles. The third-order valence-corrected chi connectivity index (χ3v) is 3.00. The number of thiazole rings is 1. The van der Waals surface area contributed by atoms with E-state index in [2.05, 4.69) is 15.3 Å². The normalized spacial score (nSPS) is 13.0.